The van der Waals surface area contributed by atoms with Crippen molar-refractivity contribution < 1.29 is 13.5 Å². The summed E-state index contributed by atoms with van der Waals surface area (Å²) in [4.78, 5) is 0. The maximum absolute atomic E-state index is 12.0. The lowest BCUT2D eigenvalue weighted by Crippen LogP contribution is -2.33. The van der Waals surface area contributed by atoms with Gasteiger partial charge in [-0.25, -0.2) is 13.1 Å². The number of unbranched alkanes of at least 4 members (excludes halogenated alkanes) is 13. The summed E-state index contributed by atoms with van der Waals surface area (Å²) in [6.45, 7) is 4.45. The lowest BCUT2D eigenvalue weighted by molar-refractivity contribution is 0.165. The first kappa shape index (κ1) is 32.5. The van der Waals surface area contributed by atoms with Crippen LogP contribution in [0.1, 0.15) is 117 Å². The summed E-state index contributed by atoms with van der Waals surface area (Å²) < 4.78 is 26.6. The number of sulfonamides is 1. The third-order valence-corrected chi connectivity index (χ3v) is 8.79. The molecule has 0 saturated carbocycles. The fraction of sp³-hybridized carbons (Fsp3) is 1.00. The molecule has 0 rings (SSSR count). The highest BCUT2D eigenvalue weighted by Crippen LogP contribution is 2.17. The number of halogens is 1. The highest BCUT2D eigenvalue weighted by Gasteiger charge is 2.16. The van der Waals surface area contributed by atoms with Crippen molar-refractivity contribution >= 4 is 33.4 Å². The number of rotatable bonds is 25. The van der Waals surface area contributed by atoms with Crippen LogP contribution in [0.2, 0.25) is 0 Å². The molecule has 0 saturated heterocycles. The first-order valence-corrected chi connectivity index (χ1v) is 16.5. The zero-order chi connectivity index (χ0) is 23.9. The van der Waals surface area contributed by atoms with E-state index in [2.05, 4.69) is 11.6 Å². The van der Waals surface area contributed by atoms with Gasteiger partial charge in [0.05, 0.1) is 11.9 Å². The summed E-state index contributed by atoms with van der Waals surface area (Å²) in [6, 6.07) is 0. The molecule has 2 atom stereocenters. The summed E-state index contributed by atoms with van der Waals surface area (Å²) in [6.07, 6.45) is 19.9. The van der Waals surface area contributed by atoms with Crippen LogP contribution in [-0.4, -0.2) is 49.3 Å². The SMILES string of the molecule is CCCCCCCCCCCCCCCCSCC(CNS(=O)(=O)CCCCl)CC(C)O. The molecule has 0 aromatic rings. The van der Waals surface area contributed by atoms with E-state index in [4.69, 9.17) is 11.6 Å². The minimum absolute atomic E-state index is 0.0735. The molecule has 0 aromatic heterocycles. The van der Waals surface area contributed by atoms with Crippen molar-refractivity contribution in [3.63, 3.8) is 0 Å². The molecule has 2 N–H and O–H groups in total. The van der Waals surface area contributed by atoms with Crippen molar-refractivity contribution in [2.75, 3.05) is 29.7 Å². The Hall–Kier alpha value is 0.510. The predicted octanol–water partition coefficient (Wildman–Crippen LogP) is 7.14. The molecule has 0 aliphatic rings. The molecule has 7 heteroatoms. The Morgan fingerprint density at radius 2 is 1.34 bits per heavy atom. The summed E-state index contributed by atoms with van der Waals surface area (Å²) in [7, 11) is -3.26. The largest absolute Gasteiger partial charge is 0.393 e. The average Bonchev–Trinajstić information content (AvgIpc) is 2.75. The second-order valence-corrected chi connectivity index (χ2v) is 12.8. The van der Waals surface area contributed by atoms with Gasteiger partial charge in [0.25, 0.3) is 0 Å². The molecule has 0 heterocycles. The normalized spacial score (nSPS) is 14.0. The Labute approximate surface area is 209 Å². The van der Waals surface area contributed by atoms with Crippen LogP contribution in [0, 0.1) is 5.92 Å². The number of hydrogen-bond acceptors (Lipinski definition) is 4. The monoisotopic (exact) mass is 513 g/mol. The highest BCUT2D eigenvalue weighted by molar-refractivity contribution is 7.99. The Morgan fingerprint density at radius 3 is 1.81 bits per heavy atom. The topological polar surface area (TPSA) is 66.4 Å². The lowest BCUT2D eigenvalue weighted by atomic mass is 10.0. The third kappa shape index (κ3) is 23.7. The van der Waals surface area contributed by atoms with E-state index >= 15 is 0 Å². The van der Waals surface area contributed by atoms with Gasteiger partial charge in [-0.3, -0.25) is 0 Å². The van der Waals surface area contributed by atoms with Crippen molar-refractivity contribution in [1.29, 1.82) is 0 Å². The Balaban J connectivity index is 3.63. The van der Waals surface area contributed by atoms with E-state index in [9.17, 15) is 13.5 Å². The molecule has 0 fully saturated rings. The van der Waals surface area contributed by atoms with Crippen LogP contribution in [0.15, 0.2) is 0 Å². The van der Waals surface area contributed by atoms with Crippen LogP contribution in [0.3, 0.4) is 0 Å². The molecular weight excluding hydrogens is 462 g/mol. The van der Waals surface area contributed by atoms with Crippen LogP contribution in [0.4, 0.5) is 0 Å². The molecule has 0 aliphatic carbocycles. The highest BCUT2D eigenvalue weighted by atomic mass is 35.5. The molecular formula is C25H52ClNO3S2. The van der Waals surface area contributed by atoms with Gasteiger partial charge in [-0.1, -0.05) is 90.4 Å². The molecule has 0 aromatic carbocycles. The number of aliphatic hydroxyl groups excluding tert-OH is 1. The second kappa shape index (κ2) is 23.3. The van der Waals surface area contributed by atoms with E-state index in [1.165, 1.54) is 89.9 Å². The summed E-state index contributed by atoms with van der Waals surface area (Å²) in [5.74, 6) is 2.60. The zero-order valence-corrected chi connectivity index (χ0v) is 23.4. The smallest absolute Gasteiger partial charge is 0.211 e. The van der Waals surface area contributed by atoms with Crippen molar-refractivity contribution in [3.05, 3.63) is 0 Å². The quantitative estimate of drug-likeness (QED) is 0.100. The molecule has 0 amide bonds. The van der Waals surface area contributed by atoms with Crippen LogP contribution < -0.4 is 4.72 Å². The van der Waals surface area contributed by atoms with Gasteiger partial charge in [0.15, 0.2) is 0 Å². The molecule has 32 heavy (non-hydrogen) atoms. The molecule has 0 aliphatic heterocycles. The van der Waals surface area contributed by atoms with Crippen LogP contribution in [0.25, 0.3) is 0 Å². The Kier molecular flexibility index (Phi) is 23.6. The van der Waals surface area contributed by atoms with Crippen molar-refractivity contribution in [2.24, 2.45) is 5.92 Å². The zero-order valence-electron chi connectivity index (χ0n) is 21.0. The number of nitrogens with one attached hydrogen (secondary N) is 1. The minimum Gasteiger partial charge on any atom is -0.393 e. The molecule has 194 valence electrons. The minimum atomic E-state index is -3.26. The second-order valence-electron chi connectivity index (χ2n) is 9.33. The molecule has 2 unspecified atom stereocenters. The number of aliphatic hydroxyl groups is 1. The van der Waals surface area contributed by atoms with Gasteiger partial charge in [0, 0.05) is 12.4 Å². The van der Waals surface area contributed by atoms with Crippen molar-refractivity contribution in [2.45, 2.75) is 123 Å². The Bertz CT molecular complexity index is 490. The number of alkyl halides is 1. The Morgan fingerprint density at radius 1 is 0.844 bits per heavy atom. The van der Waals surface area contributed by atoms with Crippen molar-refractivity contribution in [3.8, 4) is 0 Å². The van der Waals surface area contributed by atoms with Gasteiger partial charge >= 0.3 is 0 Å². The van der Waals surface area contributed by atoms with Gasteiger partial charge in [-0.15, -0.1) is 11.6 Å². The van der Waals surface area contributed by atoms with E-state index in [-0.39, 0.29) is 11.7 Å². The predicted molar refractivity (Wildman–Crippen MR) is 145 cm³/mol. The number of thioether (sulfide) groups is 1. The molecule has 4 nitrogen and oxygen atoms in total. The van der Waals surface area contributed by atoms with Gasteiger partial charge in [0.1, 0.15) is 0 Å². The van der Waals surface area contributed by atoms with Gasteiger partial charge < -0.3 is 5.11 Å². The maximum atomic E-state index is 12.0. The molecule has 0 radical (unpaired) electrons. The first-order chi connectivity index (χ1) is 15.4. The average molecular weight is 514 g/mol. The van der Waals surface area contributed by atoms with Crippen LogP contribution in [0.5, 0.6) is 0 Å². The van der Waals surface area contributed by atoms with Crippen LogP contribution in [-0.2, 0) is 10.0 Å². The fourth-order valence-corrected chi connectivity index (χ4v) is 6.52. The third-order valence-electron chi connectivity index (χ3n) is 5.81. The van der Waals surface area contributed by atoms with Crippen molar-refractivity contribution in [1.82, 2.24) is 4.72 Å². The van der Waals surface area contributed by atoms with Gasteiger partial charge in [-0.05, 0) is 43.6 Å². The molecule has 0 bridgehead atoms. The number of hydrogen-bond donors (Lipinski definition) is 2. The van der Waals surface area contributed by atoms with Gasteiger partial charge in [-0.2, -0.15) is 11.8 Å². The maximum Gasteiger partial charge on any atom is 0.211 e. The summed E-state index contributed by atoms with van der Waals surface area (Å²) in [5, 5.41) is 9.72. The van der Waals surface area contributed by atoms with Crippen LogP contribution >= 0.6 is 23.4 Å². The lowest BCUT2D eigenvalue weighted by Gasteiger charge is -2.19. The fourth-order valence-electron chi connectivity index (χ4n) is 3.90. The van der Waals surface area contributed by atoms with E-state index in [0.29, 0.717) is 25.3 Å². The summed E-state index contributed by atoms with van der Waals surface area (Å²) in [5.41, 5.74) is 0. The van der Waals surface area contributed by atoms with E-state index in [1.54, 1.807) is 6.92 Å². The van der Waals surface area contributed by atoms with Gasteiger partial charge in [0.2, 0.25) is 10.0 Å². The van der Waals surface area contributed by atoms with E-state index in [0.717, 1.165) is 11.5 Å². The molecule has 0 spiro atoms. The summed E-state index contributed by atoms with van der Waals surface area (Å²) >= 11 is 7.48. The van der Waals surface area contributed by atoms with E-state index < -0.39 is 16.1 Å². The standard InChI is InChI=1S/C25H52ClNO3S2/c1-3-4-5-6-7-8-9-10-11-12-13-14-15-16-19-31-23-25(21-24(2)28)22-27-32(29,30)20-17-18-26/h24-25,27-28H,3-23H2,1-2H3. The van der Waals surface area contributed by atoms with E-state index in [1.807, 2.05) is 11.8 Å². The first-order valence-electron chi connectivity index (χ1n) is 13.2.